The zero-order valence-corrected chi connectivity index (χ0v) is 78.7. The van der Waals surface area contributed by atoms with Gasteiger partial charge in [0.25, 0.3) is 0 Å². The van der Waals surface area contributed by atoms with Gasteiger partial charge in [-0.2, -0.15) is 0 Å². The van der Waals surface area contributed by atoms with Crippen LogP contribution in [0.5, 0.6) is 0 Å². The molecule has 6 aliphatic carbocycles. The fraction of sp³-hybridized carbons (Fsp3) is 0.581. The normalized spacial score (nSPS) is 20.8. The number of alkyl carbamates (subject to hydrolysis) is 2. The van der Waals surface area contributed by atoms with Gasteiger partial charge in [-0.05, 0) is 317 Å². The molecule has 28 heteroatoms. The number of carbonyl (C=O) groups excluding carboxylic acids is 5. The zero-order chi connectivity index (χ0) is 94.6. The van der Waals surface area contributed by atoms with Crippen molar-refractivity contribution in [3.63, 3.8) is 0 Å². The van der Waals surface area contributed by atoms with Gasteiger partial charge >= 0.3 is 29.8 Å². The minimum atomic E-state index is -0.378. The molecule has 0 spiro atoms. The predicted octanol–water partition coefficient (Wildman–Crippen LogP) is 17.2. The molecule has 1 aromatic heterocycles. The number of ether oxygens (including phenoxy) is 8. The minimum Gasteiger partial charge on any atom is -0.462 e. The Morgan fingerprint density at radius 1 is 0.466 bits per heavy atom. The highest BCUT2D eigenvalue weighted by molar-refractivity contribution is 6.30. The lowest BCUT2D eigenvalue weighted by molar-refractivity contribution is -0.151. The zero-order valence-electron chi connectivity index (χ0n) is 78.7. The number of dihydropyridines is 2. The number of aliphatic imine (C=N–C) groups is 2. The Bertz CT molecular complexity index is 4940. The monoisotopic (exact) mass is 1830 g/mol. The van der Waals surface area contributed by atoms with Gasteiger partial charge < -0.3 is 78.3 Å². The number of Topliss-reactive ketones (excluding diaryl/α,β-unsaturated/α-hetero) is 1. The Hall–Kier alpha value is -10.4. The smallest absolute Gasteiger partial charge is 0.407 e. The molecule has 4 aromatic carbocycles. The molecule has 720 valence electrons. The number of amides is 2. The first-order chi connectivity index (χ1) is 65.0. The topological polar surface area (TPSA) is 418 Å². The third kappa shape index (κ3) is 31.1. The van der Waals surface area contributed by atoms with Gasteiger partial charge in [0.1, 0.15) is 30.0 Å². The number of nitrogens with zero attached hydrogens (tertiary/aromatic N) is 7. The molecule has 10 aliphatic rings. The van der Waals surface area contributed by atoms with Crippen LogP contribution < -0.4 is 21.2 Å². The molecule has 133 heavy (non-hydrogen) atoms. The number of anilines is 1. The van der Waals surface area contributed by atoms with Crippen LogP contribution in [-0.4, -0.2) is 205 Å². The molecular weight excluding hydrogens is 1690 g/mol. The summed E-state index contributed by atoms with van der Waals surface area (Å²) < 4.78 is 49.1. The lowest BCUT2D eigenvalue weighted by Crippen LogP contribution is -2.35. The standard InChI is InChI=1S/C41H50N2O5.C38H45NO6.2C13H23NO4.2N2/c1-26-25-42-40(33-16-15-31(11-4-12-32(26)33)48-38(46)14-7-20-47-21-19-44)29-9-3-8-28(22-29)39-27(2)35-23-30-10-5-17-43-18-6-13-34(41(30)43)36(35)24-37(39)45;1-24-23-39-37(32-16-15-30(12-6-13-31(24)32)44-35(41)14-7-18-43-19-17-40)29-11-5-10-28(20-29)36-25(2)33-21-26-8-3-4-9-27(26)22-34(33)45-38(36)42;2*15-9-11-17-10-8-14-13(16)18-12-6-4-2-1-3-5-7-12;2*1-2/h3,8-9,22-23,31,33,44H,4-7,10-21,24-25H2,1-2H3;5,10-11,20-22,30,32,40H,3-4,6-9,12-19,23H2,1-2H3;2*1-2,12,15H,3-11H2,(H,14,16);;/b;;2*2-1+;;. The van der Waals surface area contributed by atoms with Crippen LogP contribution in [0.25, 0.3) is 33.2 Å². The largest absolute Gasteiger partial charge is 0.462 e. The quantitative estimate of drug-likeness (QED) is 0.00621. The van der Waals surface area contributed by atoms with Crippen molar-refractivity contribution < 1.29 is 86.7 Å². The average Bonchev–Trinajstić information content (AvgIpc) is 0.739. The minimum absolute atomic E-state index is 0.0000380. The first-order valence-electron chi connectivity index (χ1n) is 48.7. The summed E-state index contributed by atoms with van der Waals surface area (Å²) in [5, 5.41) is 65.0. The SMILES string of the molecule is CC1=C2CCCC(OC(=O)CCCOCCO)CCC2C(c2cccc(-c3c(C)c4cc5c(cc4oc3=O)CCCC5)c2)=NC1.CC1=C2CCCC(OC(=O)CCCOCCO)CCC2C(c2cccc(C3=C(C)c4cc5c6c(c4CC3=O)CCCN6CCC5)c2)=NC1.N#N.N#N.O=C(NCCOCCO)OC1CC/C=C/CCC1.O=C(NCCOCCO)OC1CC/C=C/CCC1. The first kappa shape index (κ1) is 105. The summed E-state index contributed by atoms with van der Waals surface area (Å²) >= 11 is 0. The number of fused-ring (bicyclic) bond motifs is 6. The maximum atomic E-state index is 14.0. The van der Waals surface area contributed by atoms with Gasteiger partial charge in [-0.25, -0.2) is 14.4 Å². The predicted molar refractivity (Wildman–Crippen MR) is 511 cm³/mol. The number of esters is 2. The van der Waals surface area contributed by atoms with E-state index in [9.17, 15) is 28.8 Å². The van der Waals surface area contributed by atoms with Crippen LogP contribution in [0.2, 0.25) is 0 Å². The number of rotatable bonds is 30. The van der Waals surface area contributed by atoms with Crippen molar-refractivity contribution in [3.8, 4) is 11.1 Å². The van der Waals surface area contributed by atoms with Gasteiger partial charge in [-0.1, -0.05) is 83.0 Å². The molecule has 0 radical (unpaired) electrons. The van der Waals surface area contributed by atoms with Crippen LogP contribution >= 0.6 is 0 Å². The van der Waals surface area contributed by atoms with Crippen LogP contribution in [0, 0.1) is 40.3 Å². The van der Waals surface area contributed by atoms with E-state index in [1.165, 1.54) is 87.0 Å². The molecule has 4 aliphatic heterocycles. The Balaban J connectivity index is 0.000000198. The number of allylic oxidation sites excluding steroid dienone is 8. The molecule has 0 saturated heterocycles. The van der Waals surface area contributed by atoms with Gasteiger partial charge in [0.15, 0.2) is 5.78 Å². The maximum absolute atomic E-state index is 14.0. The highest BCUT2D eigenvalue weighted by Crippen LogP contribution is 2.47. The van der Waals surface area contributed by atoms with E-state index in [1.807, 2.05) is 19.1 Å². The molecule has 6 unspecified atom stereocenters. The summed E-state index contributed by atoms with van der Waals surface area (Å²) in [6, 6.07) is 23.5. The third-order valence-electron chi connectivity index (χ3n) is 26.5. The number of aryl methyl sites for hydroxylation is 4. The Morgan fingerprint density at radius 3 is 1.45 bits per heavy atom. The Morgan fingerprint density at radius 2 is 0.925 bits per heavy atom. The number of carbonyl (C=O) groups is 5. The summed E-state index contributed by atoms with van der Waals surface area (Å²) in [5.74, 6) is 0.204. The number of nitrogens with one attached hydrogen (secondary N) is 2. The number of hydrogen-bond acceptors (Lipinski definition) is 26. The fourth-order valence-corrected chi connectivity index (χ4v) is 20.1. The first-order valence-corrected chi connectivity index (χ1v) is 48.7. The molecule has 2 saturated carbocycles. The fourth-order valence-electron chi connectivity index (χ4n) is 20.1. The van der Waals surface area contributed by atoms with Crippen molar-refractivity contribution in [3.05, 3.63) is 179 Å². The van der Waals surface area contributed by atoms with Gasteiger partial charge in [-0.15, -0.1) is 0 Å². The second-order valence-corrected chi connectivity index (χ2v) is 35.8. The molecule has 0 bridgehead atoms. The summed E-state index contributed by atoms with van der Waals surface area (Å²) in [6.45, 7) is 15.9. The highest BCUT2D eigenvalue weighted by atomic mass is 16.6. The average molecular weight is 1830 g/mol. The molecule has 2 fully saturated rings. The Kier molecular flexibility index (Phi) is 44.6. The van der Waals surface area contributed by atoms with Crippen molar-refractivity contribution in [1.82, 2.24) is 10.6 Å². The van der Waals surface area contributed by atoms with E-state index in [4.69, 9.17) is 94.3 Å². The van der Waals surface area contributed by atoms with Crippen LogP contribution in [0.3, 0.4) is 0 Å². The van der Waals surface area contributed by atoms with Crippen molar-refractivity contribution in [2.75, 3.05) is 123 Å². The molecule has 2 amide bonds. The molecule has 5 aromatic rings. The number of aliphatic hydroxyl groups excluding tert-OH is 4. The molecule has 6 N–H and O–H groups in total. The molecular formula is C105H141N9O19. The summed E-state index contributed by atoms with van der Waals surface area (Å²) in [5.41, 5.74) is 25.3. The van der Waals surface area contributed by atoms with Crippen molar-refractivity contribution in [2.24, 2.45) is 21.8 Å². The molecule has 5 heterocycles. The number of ketones is 1. The second-order valence-electron chi connectivity index (χ2n) is 35.8. The van der Waals surface area contributed by atoms with E-state index in [1.54, 1.807) is 0 Å². The lowest BCUT2D eigenvalue weighted by atomic mass is 9.75. The van der Waals surface area contributed by atoms with E-state index in [-0.39, 0.29) is 105 Å². The van der Waals surface area contributed by atoms with Crippen molar-refractivity contribution in [1.29, 1.82) is 21.6 Å². The van der Waals surface area contributed by atoms with Gasteiger partial charge in [0, 0.05) is 120 Å². The van der Waals surface area contributed by atoms with Crippen LogP contribution in [0.15, 0.2) is 133 Å². The van der Waals surface area contributed by atoms with Crippen LogP contribution in [0.4, 0.5) is 15.3 Å². The second kappa shape index (κ2) is 56.7. The van der Waals surface area contributed by atoms with E-state index in [0.717, 1.165) is 223 Å². The van der Waals surface area contributed by atoms with Crippen molar-refractivity contribution in [2.45, 2.75) is 264 Å². The van der Waals surface area contributed by atoms with E-state index < -0.39 is 0 Å². The third-order valence-corrected chi connectivity index (χ3v) is 26.5. The Labute approximate surface area is 783 Å². The molecule has 28 nitrogen and oxygen atoms in total. The number of hydrogen-bond donors (Lipinski definition) is 6. The van der Waals surface area contributed by atoms with E-state index in [2.05, 4.69) is 115 Å². The van der Waals surface area contributed by atoms with Gasteiger partial charge in [-0.3, -0.25) is 24.4 Å². The van der Waals surface area contributed by atoms with Crippen molar-refractivity contribution >= 4 is 69.1 Å². The van der Waals surface area contributed by atoms with Crippen LogP contribution in [0.1, 0.15) is 256 Å². The summed E-state index contributed by atoms with van der Waals surface area (Å²) in [7, 11) is 0. The van der Waals surface area contributed by atoms with Gasteiger partial charge in [0.05, 0.1) is 84.7 Å². The van der Waals surface area contributed by atoms with E-state index >= 15 is 0 Å². The number of benzene rings is 4. The lowest BCUT2D eigenvalue weighted by Gasteiger charge is -2.39. The summed E-state index contributed by atoms with van der Waals surface area (Å²) in [6.07, 6.45) is 37.9. The molecule has 6 atom stereocenters. The number of aliphatic hydroxyl groups is 4. The van der Waals surface area contributed by atoms with E-state index in [0.29, 0.717) is 116 Å². The van der Waals surface area contributed by atoms with Crippen LogP contribution in [-0.2, 0) is 84.4 Å². The summed E-state index contributed by atoms with van der Waals surface area (Å²) in [4.78, 5) is 88.4. The molecule has 15 rings (SSSR count). The highest BCUT2D eigenvalue weighted by Gasteiger charge is 2.37. The maximum Gasteiger partial charge on any atom is 0.407 e. The van der Waals surface area contributed by atoms with Gasteiger partial charge in [0.2, 0.25) is 0 Å².